The number of carboxylic acid groups (broad SMARTS) is 1. The minimum atomic E-state index is -0.770. The number of hydrogen-bond donors (Lipinski definition) is 3. The third-order valence-corrected chi connectivity index (χ3v) is 6.49. The van der Waals surface area contributed by atoms with Crippen LogP contribution < -0.4 is 0 Å². The monoisotopic (exact) mass is 434 g/mol. The van der Waals surface area contributed by atoms with Crippen molar-refractivity contribution in [3.8, 4) is 0 Å². The summed E-state index contributed by atoms with van der Waals surface area (Å²) in [7, 11) is 0. The lowest BCUT2D eigenvalue weighted by Gasteiger charge is -2.23. The zero-order chi connectivity index (χ0) is 21.9. The van der Waals surface area contributed by atoms with E-state index in [1.54, 1.807) is 0 Å². The van der Waals surface area contributed by atoms with E-state index in [1.165, 1.54) is 0 Å². The Balaban J connectivity index is 1.94. The largest absolute Gasteiger partial charge is 0.481 e. The number of aliphatic hydroxyl groups excluding tert-OH is 2. The van der Waals surface area contributed by atoms with Crippen molar-refractivity contribution in [1.29, 1.82) is 0 Å². The molecule has 5 atom stereocenters. The van der Waals surface area contributed by atoms with Gasteiger partial charge in [0.15, 0.2) is 0 Å². The van der Waals surface area contributed by atoms with E-state index in [4.69, 9.17) is 16.7 Å². The average Bonchev–Trinajstić information content (AvgIpc) is 3.00. The summed E-state index contributed by atoms with van der Waals surface area (Å²) in [5, 5.41) is 29.6. The van der Waals surface area contributed by atoms with Crippen molar-refractivity contribution < 1.29 is 20.1 Å². The predicted molar refractivity (Wildman–Crippen MR) is 122 cm³/mol. The number of unbranched alkanes of at least 4 members (excludes halogenated alkanes) is 3. The van der Waals surface area contributed by atoms with Crippen molar-refractivity contribution in [2.24, 2.45) is 5.92 Å². The Morgan fingerprint density at radius 2 is 1.90 bits per heavy atom. The molecular formula is C25H35ClO4. The van der Waals surface area contributed by atoms with Crippen LogP contribution in [0.15, 0.2) is 49.1 Å². The van der Waals surface area contributed by atoms with Gasteiger partial charge in [-0.25, -0.2) is 0 Å². The molecule has 0 radical (unpaired) electrons. The Hall–Kier alpha value is -1.62. The van der Waals surface area contributed by atoms with Crippen LogP contribution in [0.4, 0.5) is 0 Å². The van der Waals surface area contributed by atoms with Crippen LogP contribution in [0.3, 0.4) is 0 Å². The van der Waals surface area contributed by atoms with Crippen molar-refractivity contribution >= 4 is 17.6 Å². The van der Waals surface area contributed by atoms with Crippen molar-refractivity contribution in [2.75, 3.05) is 0 Å². The molecule has 0 aromatic heterocycles. The molecule has 2 rings (SSSR count). The first-order valence-electron chi connectivity index (χ1n) is 11.0. The van der Waals surface area contributed by atoms with Gasteiger partial charge in [0.05, 0.1) is 12.2 Å². The maximum absolute atomic E-state index is 10.6. The first-order chi connectivity index (χ1) is 14.4. The van der Waals surface area contributed by atoms with Crippen LogP contribution in [0, 0.1) is 5.92 Å². The molecule has 0 amide bonds. The normalized spacial score (nSPS) is 24.9. The van der Waals surface area contributed by atoms with Gasteiger partial charge in [0.1, 0.15) is 0 Å². The highest BCUT2D eigenvalue weighted by atomic mass is 35.5. The molecule has 3 N–H and O–H groups in total. The molecule has 166 valence electrons. The number of hydrogen-bond acceptors (Lipinski definition) is 3. The minimum absolute atomic E-state index is 0.0325. The smallest absolute Gasteiger partial charge is 0.303 e. The lowest BCUT2D eigenvalue weighted by molar-refractivity contribution is -0.137. The van der Waals surface area contributed by atoms with Crippen LogP contribution >= 0.6 is 11.6 Å². The van der Waals surface area contributed by atoms with E-state index in [0.717, 1.165) is 49.7 Å². The predicted octanol–water partition coefficient (Wildman–Crippen LogP) is 5.74. The fourth-order valence-corrected chi connectivity index (χ4v) is 4.74. The molecule has 1 aliphatic carbocycles. The number of allylic oxidation sites excluding steroid dienone is 3. The first kappa shape index (κ1) is 24.6. The number of aliphatic carboxylic acids is 1. The Morgan fingerprint density at radius 3 is 2.57 bits per heavy atom. The molecule has 1 saturated carbocycles. The van der Waals surface area contributed by atoms with E-state index < -0.39 is 18.2 Å². The maximum Gasteiger partial charge on any atom is 0.303 e. The van der Waals surface area contributed by atoms with E-state index in [1.807, 2.05) is 36.4 Å². The lowest BCUT2D eigenvalue weighted by atomic mass is 9.84. The Labute approximate surface area is 185 Å². The quantitative estimate of drug-likeness (QED) is 0.210. The minimum Gasteiger partial charge on any atom is -0.481 e. The fraction of sp³-hybridized carbons (Fsp3) is 0.560. The van der Waals surface area contributed by atoms with Gasteiger partial charge in [-0.1, -0.05) is 48.9 Å². The second-order valence-corrected chi connectivity index (χ2v) is 8.82. The summed E-state index contributed by atoms with van der Waals surface area (Å²) in [5.41, 5.74) is 1.96. The third kappa shape index (κ3) is 7.57. The summed E-state index contributed by atoms with van der Waals surface area (Å²) in [6.07, 6.45) is 11.6. The van der Waals surface area contributed by atoms with Gasteiger partial charge in [-0.05, 0) is 62.0 Å². The molecule has 1 fully saturated rings. The highest BCUT2D eigenvalue weighted by Crippen LogP contribution is 2.45. The van der Waals surface area contributed by atoms with Crippen LogP contribution in [0.2, 0.25) is 0 Å². The fourth-order valence-electron chi connectivity index (χ4n) is 4.30. The number of carbonyl (C=O) groups is 1. The Morgan fingerprint density at radius 1 is 1.17 bits per heavy atom. The summed E-state index contributed by atoms with van der Waals surface area (Å²) < 4.78 is 0. The molecule has 4 nitrogen and oxygen atoms in total. The molecular weight excluding hydrogens is 400 g/mol. The molecule has 0 bridgehead atoms. The Kier molecular flexibility index (Phi) is 10.6. The number of rotatable bonds is 13. The molecule has 0 spiro atoms. The van der Waals surface area contributed by atoms with Crippen LogP contribution in [-0.2, 0) is 4.79 Å². The molecule has 0 saturated heterocycles. The molecule has 1 aromatic carbocycles. The molecule has 30 heavy (non-hydrogen) atoms. The zero-order valence-corrected chi connectivity index (χ0v) is 18.4. The van der Waals surface area contributed by atoms with Crippen LogP contribution in [0.5, 0.6) is 0 Å². The zero-order valence-electron chi connectivity index (χ0n) is 17.6. The summed E-state index contributed by atoms with van der Waals surface area (Å²) in [5.74, 6) is -0.671. The topological polar surface area (TPSA) is 77.8 Å². The van der Waals surface area contributed by atoms with Crippen LogP contribution in [-0.4, -0.2) is 32.8 Å². The van der Waals surface area contributed by atoms with Crippen molar-refractivity contribution in [3.63, 3.8) is 0 Å². The number of alkyl halides is 1. The van der Waals surface area contributed by atoms with Crippen molar-refractivity contribution in [3.05, 3.63) is 60.2 Å². The summed E-state index contributed by atoms with van der Waals surface area (Å²) in [6, 6.07) is 7.94. The SMILES string of the molecule is C=CCCCCC(O)c1ccc([C@@H]2[C@@H](C/C=C\CCCC(=O)O)[C@H](Cl)C[C@H]2O)cc1. The van der Waals surface area contributed by atoms with E-state index >= 15 is 0 Å². The summed E-state index contributed by atoms with van der Waals surface area (Å²) >= 11 is 6.55. The number of halogens is 1. The highest BCUT2D eigenvalue weighted by Gasteiger charge is 2.41. The molecule has 0 aliphatic heterocycles. The van der Waals surface area contributed by atoms with Crippen LogP contribution in [0.25, 0.3) is 0 Å². The molecule has 0 heterocycles. The lowest BCUT2D eigenvalue weighted by Crippen LogP contribution is -2.18. The molecule has 5 heteroatoms. The summed E-state index contributed by atoms with van der Waals surface area (Å²) in [4.78, 5) is 10.6. The number of carboxylic acids is 1. The van der Waals surface area contributed by atoms with Crippen molar-refractivity contribution in [1.82, 2.24) is 0 Å². The maximum atomic E-state index is 10.6. The van der Waals surface area contributed by atoms with Gasteiger partial charge in [-0.15, -0.1) is 18.2 Å². The first-order valence-corrected chi connectivity index (χ1v) is 11.5. The number of aliphatic hydroxyl groups is 2. The van der Waals surface area contributed by atoms with Gasteiger partial charge in [-0.2, -0.15) is 0 Å². The molecule has 1 aromatic rings. The van der Waals surface area contributed by atoms with Gasteiger partial charge in [0.2, 0.25) is 0 Å². The van der Waals surface area contributed by atoms with E-state index in [-0.39, 0.29) is 23.6 Å². The van der Waals surface area contributed by atoms with Crippen LogP contribution in [0.1, 0.15) is 80.9 Å². The standard InChI is InChI=1S/C25H35ClO4/c1-2-3-4-8-11-22(27)18-13-15-19(16-14-18)25-20(21(26)17-23(25)28)10-7-5-6-9-12-24(29)30/h2,5,7,13-16,20-23,25,27-28H,1,3-4,6,8-12,17H2,(H,29,30)/b7-5-/t20-,21+,22?,23+,25+/m0/s1. The number of benzene rings is 1. The van der Waals surface area contributed by atoms with Gasteiger partial charge < -0.3 is 15.3 Å². The Bertz CT molecular complexity index is 685. The van der Waals surface area contributed by atoms with E-state index in [2.05, 4.69) is 12.7 Å². The second kappa shape index (κ2) is 12.9. The van der Waals surface area contributed by atoms with Gasteiger partial charge in [0.25, 0.3) is 0 Å². The van der Waals surface area contributed by atoms with E-state index in [9.17, 15) is 15.0 Å². The average molecular weight is 435 g/mol. The van der Waals surface area contributed by atoms with Gasteiger partial charge in [-0.3, -0.25) is 4.79 Å². The molecule has 1 unspecified atom stereocenters. The third-order valence-electron chi connectivity index (χ3n) is 5.99. The second-order valence-electron chi connectivity index (χ2n) is 8.26. The van der Waals surface area contributed by atoms with Crippen molar-refractivity contribution in [2.45, 2.75) is 81.3 Å². The van der Waals surface area contributed by atoms with Gasteiger partial charge >= 0.3 is 5.97 Å². The molecule has 1 aliphatic rings. The van der Waals surface area contributed by atoms with Gasteiger partial charge in [0, 0.05) is 17.7 Å². The highest BCUT2D eigenvalue weighted by molar-refractivity contribution is 6.21. The van der Waals surface area contributed by atoms with E-state index in [0.29, 0.717) is 12.8 Å². The summed E-state index contributed by atoms with van der Waals surface area (Å²) in [6.45, 7) is 3.72.